The molecule has 1 aliphatic rings. The molecule has 0 N–H and O–H groups in total. The van der Waals surface area contributed by atoms with Gasteiger partial charge in [-0.25, -0.2) is 24.9 Å². The molecule has 1 unspecified atom stereocenters. The highest BCUT2D eigenvalue weighted by Gasteiger charge is 2.25. The fourth-order valence-electron chi connectivity index (χ4n) is 8.13. The Balaban J connectivity index is 1.19. The lowest BCUT2D eigenvalue weighted by atomic mass is 9.76. The molecule has 7 nitrogen and oxygen atoms in total. The number of rotatable bonds is 5. The van der Waals surface area contributed by atoms with Gasteiger partial charge in [0, 0.05) is 61.8 Å². The Kier molecular flexibility index (Phi) is 8.94. The topological polar surface area (TPSA) is 90.2 Å². The highest BCUT2D eigenvalue weighted by atomic mass is 15.0. The number of hydrogen-bond acceptors (Lipinski definition) is 7. The number of benzene rings is 4. The van der Waals surface area contributed by atoms with Gasteiger partial charge >= 0.3 is 0 Å². The third kappa shape index (κ3) is 7.00. The molecule has 0 aliphatic heterocycles. The number of aromatic nitrogens is 7. The lowest BCUT2D eigenvalue weighted by molar-refractivity contribution is 0.294. The van der Waals surface area contributed by atoms with Crippen LogP contribution in [0.1, 0.15) is 59.4 Å². The van der Waals surface area contributed by atoms with Gasteiger partial charge in [0.15, 0.2) is 17.5 Å². The number of hydrogen-bond donors (Lipinski definition) is 0. The van der Waals surface area contributed by atoms with E-state index in [1.807, 2.05) is 24.5 Å². The molecular formula is C53H45N7. The molecule has 4 aromatic carbocycles. The van der Waals surface area contributed by atoms with Gasteiger partial charge in [-0.1, -0.05) is 133 Å². The van der Waals surface area contributed by atoms with Gasteiger partial charge in [0.25, 0.3) is 0 Å². The van der Waals surface area contributed by atoms with Crippen molar-refractivity contribution in [3.8, 4) is 45.3 Å². The second kappa shape index (κ2) is 14.4. The minimum absolute atomic E-state index is 0.0182. The summed E-state index contributed by atoms with van der Waals surface area (Å²) < 4.78 is 0. The summed E-state index contributed by atoms with van der Waals surface area (Å²) in [5.41, 5.74) is 11.1. The monoisotopic (exact) mass is 779 g/mol. The van der Waals surface area contributed by atoms with Crippen molar-refractivity contribution in [1.82, 2.24) is 34.9 Å². The molecule has 9 aromatic rings. The van der Waals surface area contributed by atoms with E-state index in [0.29, 0.717) is 23.4 Å². The van der Waals surface area contributed by atoms with Crippen molar-refractivity contribution >= 4 is 49.2 Å². The summed E-state index contributed by atoms with van der Waals surface area (Å²) in [6, 6.07) is 39.9. The standard InChI is InChI=1S/C53H45N7/c1-52(2,3)41-21-15-36(16-22-41)49-58-50(37-17-23-42(24-18-37)53(4,5)6)60-51(59-49)40-30-38(43-25-19-34-13-11-32-9-7-27-54-45(32)47(34)56-43)29-39(31-40)44-26-20-35-14-12-33-10-8-28-55-46(33)48(35)57-44/h7-23,25-31,42H,24H2,1-6H3. The van der Waals surface area contributed by atoms with Gasteiger partial charge in [-0.15, -0.1) is 0 Å². The van der Waals surface area contributed by atoms with Crippen LogP contribution in [0.15, 0.2) is 146 Å². The summed E-state index contributed by atoms with van der Waals surface area (Å²) in [6.07, 6.45) is 11.3. The predicted molar refractivity (Wildman–Crippen MR) is 246 cm³/mol. The van der Waals surface area contributed by atoms with Crippen molar-refractivity contribution in [2.45, 2.75) is 53.4 Å². The second-order valence-corrected chi connectivity index (χ2v) is 18.0. The minimum Gasteiger partial charge on any atom is -0.254 e. The maximum Gasteiger partial charge on any atom is 0.164 e. The van der Waals surface area contributed by atoms with Crippen LogP contribution < -0.4 is 0 Å². The third-order valence-electron chi connectivity index (χ3n) is 11.8. The van der Waals surface area contributed by atoms with Gasteiger partial charge in [0.05, 0.1) is 33.5 Å². The number of fused-ring (bicyclic) bond motifs is 6. The van der Waals surface area contributed by atoms with Gasteiger partial charge in [-0.3, -0.25) is 9.97 Å². The van der Waals surface area contributed by atoms with E-state index >= 15 is 0 Å². The normalized spacial score (nSPS) is 14.6. The zero-order valence-electron chi connectivity index (χ0n) is 34.8. The molecule has 0 bridgehead atoms. The maximum absolute atomic E-state index is 5.28. The van der Waals surface area contributed by atoms with Crippen LogP contribution in [0, 0.1) is 11.3 Å². The van der Waals surface area contributed by atoms with Gasteiger partial charge in [0.1, 0.15) is 0 Å². The maximum atomic E-state index is 5.28. The summed E-state index contributed by atoms with van der Waals surface area (Å²) in [7, 11) is 0. The summed E-state index contributed by atoms with van der Waals surface area (Å²) in [5, 5.41) is 4.16. The Morgan fingerprint density at radius 2 is 0.950 bits per heavy atom. The van der Waals surface area contributed by atoms with Crippen molar-refractivity contribution < 1.29 is 0 Å². The van der Waals surface area contributed by atoms with Crippen molar-refractivity contribution in [2.75, 3.05) is 0 Å². The van der Waals surface area contributed by atoms with E-state index < -0.39 is 0 Å². The van der Waals surface area contributed by atoms with Gasteiger partial charge < -0.3 is 0 Å². The van der Waals surface area contributed by atoms with E-state index in [-0.39, 0.29) is 10.8 Å². The van der Waals surface area contributed by atoms with Crippen LogP contribution in [0.3, 0.4) is 0 Å². The molecule has 5 heterocycles. The Morgan fingerprint density at radius 3 is 1.45 bits per heavy atom. The van der Waals surface area contributed by atoms with Gasteiger partial charge in [-0.2, -0.15) is 0 Å². The average molecular weight is 780 g/mol. The van der Waals surface area contributed by atoms with Crippen LogP contribution in [0.25, 0.3) is 94.5 Å². The largest absolute Gasteiger partial charge is 0.254 e. The van der Waals surface area contributed by atoms with Crippen LogP contribution in [0.2, 0.25) is 0 Å². The number of allylic oxidation sites excluding steroid dienone is 4. The van der Waals surface area contributed by atoms with E-state index in [4.69, 9.17) is 34.9 Å². The van der Waals surface area contributed by atoms with Gasteiger partial charge in [0.2, 0.25) is 0 Å². The van der Waals surface area contributed by atoms with Crippen molar-refractivity contribution in [3.05, 3.63) is 157 Å². The third-order valence-corrected chi connectivity index (χ3v) is 11.8. The zero-order valence-corrected chi connectivity index (χ0v) is 34.8. The first-order valence-corrected chi connectivity index (χ1v) is 20.7. The van der Waals surface area contributed by atoms with Crippen LogP contribution in [-0.4, -0.2) is 34.9 Å². The molecule has 7 heteroatoms. The predicted octanol–water partition coefficient (Wildman–Crippen LogP) is 13.0. The lowest BCUT2D eigenvalue weighted by Crippen LogP contribution is -2.19. The minimum atomic E-state index is 0.0182. The highest BCUT2D eigenvalue weighted by molar-refractivity contribution is 6.04. The molecular weight excluding hydrogens is 735 g/mol. The smallest absolute Gasteiger partial charge is 0.164 e. The Labute approximate surface area is 350 Å². The van der Waals surface area contributed by atoms with Crippen LogP contribution in [0.4, 0.5) is 0 Å². The molecule has 292 valence electrons. The SMILES string of the molecule is CC(C)(C)c1ccc(-c2nc(C3=CCC(C(C)(C)C)C=C3)nc(-c3cc(-c4ccc5ccc6cccnc6c5n4)cc(-c4ccc5ccc6cccnc6c5n4)c3)n2)cc1. The molecule has 0 radical (unpaired) electrons. The summed E-state index contributed by atoms with van der Waals surface area (Å²) in [4.78, 5) is 35.7. The van der Waals surface area contributed by atoms with E-state index in [9.17, 15) is 0 Å². The molecule has 0 spiro atoms. The molecule has 0 amide bonds. The fourth-order valence-corrected chi connectivity index (χ4v) is 8.13. The number of pyridine rings is 4. The Hall–Kier alpha value is -6.99. The quantitative estimate of drug-likeness (QED) is 0.161. The lowest BCUT2D eigenvalue weighted by Gasteiger charge is -2.29. The first-order chi connectivity index (χ1) is 28.9. The Bertz CT molecular complexity index is 3070. The average Bonchev–Trinajstić information content (AvgIpc) is 3.27. The van der Waals surface area contributed by atoms with E-state index in [1.165, 1.54) is 5.56 Å². The molecule has 0 saturated carbocycles. The highest BCUT2D eigenvalue weighted by Crippen LogP contribution is 2.38. The van der Waals surface area contributed by atoms with Crippen LogP contribution in [0.5, 0.6) is 0 Å². The molecule has 1 atom stereocenters. The summed E-state index contributed by atoms with van der Waals surface area (Å²) in [6.45, 7) is 13.6. The molecule has 10 rings (SSSR count). The number of nitrogens with zero attached hydrogens (tertiary/aromatic N) is 7. The molecule has 0 fully saturated rings. The molecule has 0 saturated heterocycles. The van der Waals surface area contributed by atoms with Crippen molar-refractivity contribution in [1.29, 1.82) is 0 Å². The molecule has 5 aromatic heterocycles. The summed E-state index contributed by atoms with van der Waals surface area (Å²) >= 11 is 0. The summed E-state index contributed by atoms with van der Waals surface area (Å²) in [5.74, 6) is 2.27. The van der Waals surface area contributed by atoms with Crippen molar-refractivity contribution in [2.24, 2.45) is 11.3 Å². The first kappa shape index (κ1) is 37.3. The Morgan fingerprint density at radius 1 is 0.467 bits per heavy atom. The van der Waals surface area contributed by atoms with E-state index in [0.717, 1.165) is 89.2 Å². The van der Waals surface area contributed by atoms with Crippen LogP contribution >= 0.6 is 0 Å². The molecule has 60 heavy (non-hydrogen) atoms. The van der Waals surface area contributed by atoms with Crippen LogP contribution in [-0.2, 0) is 5.41 Å². The fraction of sp³-hybridized carbons (Fsp3) is 0.189. The van der Waals surface area contributed by atoms with Gasteiger partial charge in [-0.05, 0) is 71.2 Å². The van der Waals surface area contributed by atoms with E-state index in [2.05, 4.69) is 163 Å². The first-order valence-electron chi connectivity index (χ1n) is 20.7. The molecule has 1 aliphatic carbocycles. The zero-order chi connectivity index (χ0) is 41.2. The van der Waals surface area contributed by atoms with E-state index in [1.54, 1.807) is 0 Å². The van der Waals surface area contributed by atoms with Crippen molar-refractivity contribution in [3.63, 3.8) is 0 Å². The second-order valence-electron chi connectivity index (χ2n) is 18.0.